The molecule has 2 heterocycles. The van der Waals surface area contributed by atoms with Gasteiger partial charge in [-0.15, -0.1) is 0 Å². The Morgan fingerprint density at radius 1 is 1.25 bits per heavy atom. The molecule has 4 rings (SSSR count). The second kappa shape index (κ2) is 5.87. The summed E-state index contributed by atoms with van der Waals surface area (Å²) in [6, 6.07) is 12.2. The molecule has 0 fully saturated rings. The minimum absolute atomic E-state index is 0.0142. The number of hydrogen-bond donors (Lipinski definition) is 1. The van der Waals surface area contributed by atoms with Crippen LogP contribution in [-0.4, -0.2) is 22.1 Å². The fourth-order valence-corrected chi connectivity index (χ4v) is 3.77. The van der Waals surface area contributed by atoms with Crippen molar-refractivity contribution in [2.45, 2.75) is 39.1 Å². The first-order valence-electron chi connectivity index (χ1n) is 8.30. The van der Waals surface area contributed by atoms with Crippen LogP contribution in [0.5, 0.6) is 0 Å². The number of hydrogen-bond acceptors (Lipinski definition) is 3. The topological polar surface area (TPSA) is 52.9 Å². The van der Waals surface area contributed by atoms with E-state index in [-0.39, 0.29) is 18.6 Å². The van der Waals surface area contributed by atoms with Crippen molar-refractivity contribution in [3.8, 4) is 0 Å². The minimum atomic E-state index is -0.0146. The van der Waals surface area contributed by atoms with E-state index < -0.39 is 0 Å². The molecule has 0 aliphatic carbocycles. The van der Waals surface area contributed by atoms with Crippen molar-refractivity contribution < 1.29 is 9.90 Å². The van der Waals surface area contributed by atoms with Gasteiger partial charge in [0.2, 0.25) is 5.91 Å². The summed E-state index contributed by atoms with van der Waals surface area (Å²) in [7, 11) is 0. The van der Waals surface area contributed by atoms with Crippen molar-refractivity contribution in [3.63, 3.8) is 0 Å². The van der Waals surface area contributed by atoms with Crippen molar-refractivity contribution in [1.82, 2.24) is 4.90 Å². The van der Waals surface area contributed by atoms with E-state index in [0.29, 0.717) is 19.5 Å². The molecule has 0 unspecified atom stereocenters. The lowest BCUT2D eigenvalue weighted by Gasteiger charge is -2.35. The molecule has 0 saturated heterocycles. The van der Waals surface area contributed by atoms with Crippen LogP contribution < -0.4 is 0 Å². The fraction of sp³-hybridized carbons (Fsp3) is 0.300. The summed E-state index contributed by atoms with van der Waals surface area (Å²) in [4.78, 5) is 18.9. The van der Waals surface area contributed by atoms with Gasteiger partial charge in [0.25, 0.3) is 0 Å². The molecule has 1 atom stereocenters. The summed E-state index contributed by atoms with van der Waals surface area (Å²) in [6.07, 6.45) is 2.25. The Bertz CT molecular complexity index is 827. The highest BCUT2D eigenvalue weighted by Crippen LogP contribution is 2.34. The summed E-state index contributed by atoms with van der Waals surface area (Å²) in [6.45, 7) is 3.24. The van der Waals surface area contributed by atoms with Crippen molar-refractivity contribution in [1.29, 1.82) is 0 Å². The van der Waals surface area contributed by atoms with Crippen LogP contribution in [0.3, 0.4) is 0 Å². The normalized spacial score (nSPS) is 16.9. The highest BCUT2D eigenvalue weighted by atomic mass is 16.3. The van der Waals surface area contributed by atoms with Gasteiger partial charge in [0.15, 0.2) is 0 Å². The van der Waals surface area contributed by atoms with Crippen LogP contribution in [0.2, 0.25) is 0 Å². The standard InChI is InChI=1S/C20H20N2O2/c1-13(14-5-3-2-4-6-14)22-11-18-15(8-20(22)24)7-16-9-21-10-17(16)19(18)12-23/h2-7,10,13,23H,8-9,11-12H2,1H3/t13-/m1/s1. The quantitative estimate of drug-likeness (QED) is 0.945. The lowest BCUT2D eigenvalue weighted by atomic mass is 9.88. The number of fused-ring (bicyclic) bond motifs is 2. The van der Waals surface area contributed by atoms with E-state index in [0.717, 1.165) is 33.4 Å². The number of nitrogens with zero attached hydrogens (tertiary/aromatic N) is 2. The molecule has 2 aliphatic heterocycles. The number of benzene rings is 2. The van der Waals surface area contributed by atoms with Gasteiger partial charge in [-0.1, -0.05) is 36.4 Å². The lowest BCUT2D eigenvalue weighted by Crippen LogP contribution is -2.38. The molecule has 24 heavy (non-hydrogen) atoms. The summed E-state index contributed by atoms with van der Waals surface area (Å²) in [5.74, 6) is 0.140. The number of aliphatic hydroxyl groups excluding tert-OH is 1. The molecule has 2 aromatic carbocycles. The van der Waals surface area contributed by atoms with Crippen LogP contribution >= 0.6 is 0 Å². The zero-order valence-corrected chi connectivity index (χ0v) is 13.7. The Morgan fingerprint density at radius 3 is 2.79 bits per heavy atom. The van der Waals surface area contributed by atoms with Crippen LogP contribution in [0.25, 0.3) is 0 Å². The van der Waals surface area contributed by atoms with E-state index in [1.165, 1.54) is 0 Å². The molecule has 4 heteroatoms. The Balaban J connectivity index is 1.74. The number of carbonyl (C=O) groups is 1. The second-order valence-electron chi connectivity index (χ2n) is 6.48. The molecular formula is C20H20N2O2. The average Bonchev–Trinajstić information content (AvgIpc) is 3.07. The molecule has 0 radical (unpaired) electrons. The lowest BCUT2D eigenvalue weighted by molar-refractivity contribution is -0.134. The van der Waals surface area contributed by atoms with E-state index in [2.05, 4.69) is 30.1 Å². The van der Waals surface area contributed by atoms with Gasteiger partial charge in [0.05, 0.1) is 25.6 Å². The number of amides is 1. The predicted octanol–water partition coefficient (Wildman–Crippen LogP) is 2.76. The Labute approximate surface area is 141 Å². The van der Waals surface area contributed by atoms with E-state index >= 15 is 0 Å². The Morgan fingerprint density at radius 2 is 2.04 bits per heavy atom. The van der Waals surface area contributed by atoms with E-state index in [1.54, 1.807) is 0 Å². The van der Waals surface area contributed by atoms with Crippen molar-refractivity contribution in [3.05, 3.63) is 69.8 Å². The number of carbonyl (C=O) groups excluding carboxylic acids is 1. The zero-order valence-electron chi connectivity index (χ0n) is 13.7. The third-order valence-electron chi connectivity index (χ3n) is 5.15. The van der Waals surface area contributed by atoms with Gasteiger partial charge < -0.3 is 10.0 Å². The molecule has 1 amide bonds. The Kier molecular flexibility index (Phi) is 3.69. The maximum absolute atomic E-state index is 12.7. The number of aliphatic imine (C=N–C) groups is 1. The largest absolute Gasteiger partial charge is 0.392 e. The van der Waals surface area contributed by atoms with Gasteiger partial charge in [-0.05, 0) is 34.7 Å². The van der Waals surface area contributed by atoms with Crippen molar-refractivity contribution >= 4 is 12.1 Å². The van der Waals surface area contributed by atoms with E-state index in [1.807, 2.05) is 29.3 Å². The van der Waals surface area contributed by atoms with Gasteiger partial charge >= 0.3 is 0 Å². The summed E-state index contributed by atoms with van der Waals surface area (Å²) in [5, 5.41) is 9.90. The van der Waals surface area contributed by atoms with Crippen LogP contribution in [0.15, 0.2) is 41.4 Å². The third-order valence-corrected chi connectivity index (χ3v) is 5.15. The van der Waals surface area contributed by atoms with Gasteiger partial charge in [-0.25, -0.2) is 0 Å². The third kappa shape index (κ3) is 2.34. The molecule has 2 aliphatic rings. The molecule has 2 aromatic rings. The molecular weight excluding hydrogens is 300 g/mol. The molecule has 0 bridgehead atoms. The first kappa shape index (κ1) is 15.1. The summed E-state index contributed by atoms with van der Waals surface area (Å²) >= 11 is 0. The van der Waals surface area contributed by atoms with Gasteiger partial charge in [0, 0.05) is 18.3 Å². The maximum atomic E-state index is 12.7. The first-order valence-corrected chi connectivity index (χ1v) is 8.30. The minimum Gasteiger partial charge on any atom is -0.392 e. The van der Waals surface area contributed by atoms with Gasteiger partial charge in [-0.2, -0.15) is 0 Å². The van der Waals surface area contributed by atoms with Crippen LogP contribution in [0.1, 0.15) is 46.3 Å². The van der Waals surface area contributed by atoms with Crippen molar-refractivity contribution in [2.75, 3.05) is 0 Å². The highest BCUT2D eigenvalue weighted by molar-refractivity contribution is 5.89. The highest BCUT2D eigenvalue weighted by Gasteiger charge is 2.31. The molecule has 0 aromatic heterocycles. The Hall–Kier alpha value is -2.46. The first-order chi connectivity index (χ1) is 11.7. The molecule has 122 valence electrons. The van der Waals surface area contributed by atoms with Crippen LogP contribution in [0, 0.1) is 0 Å². The SMILES string of the molecule is C[C@H](c1ccccc1)N1Cc2c(cc3c(c2CO)C=NC3)CC1=O. The smallest absolute Gasteiger partial charge is 0.227 e. The average molecular weight is 320 g/mol. The monoisotopic (exact) mass is 320 g/mol. The molecule has 1 N–H and O–H groups in total. The van der Waals surface area contributed by atoms with Gasteiger partial charge in [-0.3, -0.25) is 9.79 Å². The fourth-order valence-electron chi connectivity index (χ4n) is 3.77. The zero-order chi connectivity index (χ0) is 16.7. The van der Waals surface area contributed by atoms with Crippen molar-refractivity contribution in [2.24, 2.45) is 4.99 Å². The summed E-state index contributed by atoms with van der Waals surface area (Å²) < 4.78 is 0. The number of aliphatic hydroxyl groups is 1. The van der Waals surface area contributed by atoms with Crippen LogP contribution in [0.4, 0.5) is 0 Å². The summed E-state index contributed by atoms with van der Waals surface area (Å²) in [5.41, 5.74) is 6.36. The maximum Gasteiger partial charge on any atom is 0.227 e. The van der Waals surface area contributed by atoms with Crippen LogP contribution in [-0.2, 0) is 30.9 Å². The van der Waals surface area contributed by atoms with E-state index in [9.17, 15) is 9.90 Å². The molecule has 0 saturated carbocycles. The van der Waals surface area contributed by atoms with E-state index in [4.69, 9.17) is 0 Å². The number of rotatable bonds is 3. The molecule has 4 nitrogen and oxygen atoms in total. The van der Waals surface area contributed by atoms with Gasteiger partial charge in [0.1, 0.15) is 0 Å². The second-order valence-corrected chi connectivity index (χ2v) is 6.48. The predicted molar refractivity (Wildman–Crippen MR) is 92.8 cm³/mol. The molecule has 0 spiro atoms.